The molecule has 0 bridgehead atoms. The Balaban J connectivity index is 3.07. The van der Waals surface area contributed by atoms with E-state index in [2.05, 4.69) is 14.8 Å². The molecule has 9 heteroatoms. The van der Waals surface area contributed by atoms with Crippen molar-refractivity contribution in [1.82, 2.24) is 0 Å². The molecule has 0 fully saturated rings. The van der Waals surface area contributed by atoms with Crippen LogP contribution in [0.1, 0.15) is 6.42 Å². The lowest BCUT2D eigenvalue weighted by molar-refractivity contribution is -0.384. The number of hydrogen-bond acceptors (Lipinski definition) is 7. The summed E-state index contributed by atoms with van der Waals surface area (Å²) in [6.07, 6.45) is -0.340. The van der Waals surface area contributed by atoms with Gasteiger partial charge in [0.15, 0.2) is 0 Å². The van der Waals surface area contributed by atoms with Gasteiger partial charge in [0.2, 0.25) is 0 Å². The second-order valence-electron chi connectivity index (χ2n) is 3.92. The van der Waals surface area contributed by atoms with E-state index in [-0.39, 0.29) is 22.8 Å². The van der Waals surface area contributed by atoms with Gasteiger partial charge < -0.3 is 14.8 Å². The van der Waals surface area contributed by atoms with Crippen LogP contribution in [0.2, 0.25) is 5.02 Å². The molecular weight excluding hydrogens is 304 g/mol. The largest absolute Gasteiger partial charge is 0.469 e. The third kappa shape index (κ3) is 4.60. The smallest absolute Gasteiger partial charge is 0.328 e. The fraction of sp³-hybridized carbons (Fsp3) is 0.333. The first kappa shape index (κ1) is 16.7. The van der Waals surface area contributed by atoms with Crippen LogP contribution >= 0.6 is 11.6 Å². The zero-order valence-corrected chi connectivity index (χ0v) is 12.0. The predicted octanol–water partition coefficient (Wildman–Crippen LogP) is 1.76. The molecule has 1 aromatic rings. The topological polar surface area (TPSA) is 108 Å². The molecule has 21 heavy (non-hydrogen) atoms. The monoisotopic (exact) mass is 316 g/mol. The van der Waals surface area contributed by atoms with E-state index >= 15 is 0 Å². The minimum absolute atomic E-state index is 0.00630. The Morgan fingerprint density at radius 2 is 2.05 bits per heavy atom. The minimum Gasteiger partial charge on any atom is -0.469 e. The molecule has 1 atom stereocenters. The molecular formula is C12H13ClN2O6. The molecule has 0 radical (unpaired) electrons. The van der Waals surface area contributed by atoms with E-state index in [4.69, 9.17) is 11.6 Å². The van der Waals surface area contributed by atoms with Gasteiger partial charge in [0.25, 0.3) is 5.69 Å². The van der Waals surface area contributed by atoms with Crippen LogP contribution in [-0.2, 0) is 19.1 Å². The number of carbonyl (C=O) groups excluding carboxylic acids is 2. The lowest BCUT2D eigenvalue weighted by Gasteiger charge is -2.16. The SMILES string of the molecule is COC(=O)C[C@@H](Nc1cc(Cl)ccc1[N+](=O)[O-])C(=O)OC. The van der Waals surface area contributed by atoms with Crippen molar-refractivity contribution >= 4 is 34.9 Å². The molecule has 0 aliphatic rings. The number of nitro benzene ring substituents is 1. The first-order chi connectivity index (χ1) is 9.88. The number of rotatable bonds is 6. The third-order valence-corrected chi connectivity index (χ3v) is 2.80. The number of benzene rings is 1. The average Bonchev–Trinajstić information content (AvgIpc) is 2.45. The highest BCUT2D eigenvalue weighted by Gasteiger charge is 2.26. The first-order valence-electron chi connectivity index (χ1n) is 5.74. The summed E-state index contributed by atoms with van der Waals surface area (Å²) in [7, 11) is 2.30. The molecule has 8 nitrogen and oxygen atoms in total. The summed E-state index contributed by atoms with van der Waals surface area (Å²) in [6, 6.07) is 2.70. The van der Waals surface area contributed by atoms with Crippen molar-refractivity contribution < 1.29 is 24.0 Å². The van der Waals surface area contributed by atoms with Crippen LogP contribution < -0.4 is 5.32 Å². The first-order valence-corrected chi connectivity index (χ1v) is 6.12. The fourth-order valence-electron chi connectivity index (χ4n) is 1.56. The number of halogens is 1. The van der Waals surface area contributed by atoms with Crippen molar-refractivity contribution in [3.8, 4) is 0 Å². The molecule has 0 spiro atoms. The van der Waals surface area contributed by atoms with Gasteiger partial charge in [0.05, 0.1) is 25.6 Å². The van der Waals surface area contributed by atoms with Gasteiger partial charge in [-0.15, -0.1) is 0 Å². The van der Waals surface area contributed by atoms with Crippen LogP contribution in [-0.4, -0.2) is 37.1 Å². The molecule has 0 heterocycles. The summed E-state index contributed by atoms with van der Waals surface area (Å²) >= 11 is 5.78. The van der Waals surface area contributed by atoms with E-state index in [1.807, 2.05) is 0 Å². The van der Waals surface area contributed by atoms with Crippen molar-refractivity contribution in [2.75, 3.05) is 19.5 Å². The Hall–Kier alpha value is -2.35. The second kappa shape index (κ2) is 7.44. The summed E-state index contributed by atoms with van der Waals surface area (Å²) < 4.78 is 9.02. The van der Waals surface area contributed by atoms with E-state index in [1.54, 1.807) is 0 Å². The normalized spacial score (nSPS) is 11.4. The highest BCUT2D eigenvalue weighted by atomic mass is 35.5. The maximum atomic E-state index is 11.6. The fourth-order valence-corrected chi connectivity index (χ4v) is 1.73. The van der Waals surface area contributed by atoms with Crippen LogP contribution in [0.15, 0.2) is 18.2 Å². The quantitative estimate of drug-likeness (QED) is 0.484. The number of ether oxygens (including phenoxy) is 2. The molecule has 0 aliphatic carbocycles. The van der Waals surface area contributed by atoms with Crippen molar-refractivity contribution in [1.29, 1.82) is 0 Å². The Morgan fingerprint density at radius 3 is 2.57 bits per heavy atom. The number of methoxy groups -OCH3 is 2. The van der Waals surface area contributed by atoms with Gasteiger partial charge in [-0.1, -0.05) is 11.6 Å². The Morgan fingerprint density at radius 1 is 1.38 bits per heavy atom. The zero-order valence-electron chi connectivity index (χ0n) is 11.3. The van der Waals surface area contributed by atoms with E-state index < -0.39 is 22.9 Å². The molecule has 1 N–H and O–H groups in total. The van der Waals surface area contributed by atoms with Gasteiger partial charge in [-0.25, -0.2) is 4.79 Å². The number of carbonyl (C=O) groups is 2. The Labute approximate surface area is 125 Å². The van der Waals surface area contributed by atoms with Gasteiger partial charge in [0, 0.05) is 11.1 Å². The number of nitro groups is 1. The maximum Gasteiger partial charge on any atom is 0.328 e. The highest BCUT2D eigenvalue weighted by molar-refractivity contribution is 6.31. The van der Waals surface area contributed by atoms with Crippen LogP contribution in [0.4, 0.5) is 11.4 Å². The Bertz CT molecular complexity index is 563. The van der Waals surface area contributed by atoms with E-state index in [1.165, 1.54) is 25.3 Å². The number of hydrogen-bond donors (Lipinski definition) is 1. The summed E-state index contributed by atoms with van der Waals surface area (Å²) in [6.45, 7) is 0. The lowest BCUT2D eigenvalue weighted by Crippen LogP contribution is -2.33. The van der Waals surface area contributed by atoms with Crippen molar-refractivity contribution in [3.05, 3.63) is 33.3 Å². The molecule has 0 aliphatic heterocycles. The molecule has 0 aromatic heterocycles. The van der Waals surface area contributed by atoms with Gasteiger partial charge in [-0.3, -0.25) is 14.9 Å². The van der Waals surface area contributed by atoms with E-state index in [0.717, 1.165) is 7.11 Å². The van der Waals surface area contributed by atoms with Crippen molar-refractivity contribution in [3.63, 3.8) is 0 Å². The van der Waals surface area contributed by atoms with Crippen molar-refractivity contribution in [2.24, 2.45) is 0 Å². The number of nitrogens with zero attached hydrogens (tertiary/aromatic N) is 1. The molecule has 0 saturated heterocycles. The average molecular weight is 317 g/mol. The molecule has 114 valence electrons. The summed E-state index contributed by atoms with van der Waals surface area (Å²) in [4.78, 5) is 33.2. The Kier molecular flexibility index (Phi) is 5.92. The third-order valence-electron chi connectivity index (χ3n) is 2.57. The molecule has 1 rings (SSSR count). The van der Waals surface area contributed by atoms with Gasteiger partial charge in [-0.2, -0.15) is 0 Å². The van der Waals surface area contributed by atoms with E-state index in [0.29, 0.717) is 0 Å². The van der Waals surface area contributed by atoms with Crippen LogP contribution in [0.25, 0.3) is 0 Å². The molecule has 0 unspecified atom stereocenters. The lowest BCUT2D eigenvalue weighted by atomic mass is 10.1. The summed E-state index contributed by atoms with van der Waals surface area (Å²) in [5.74, 6) is -1.42. The van der Waals surface area contributed by atoms with Gasteiger partial charge >= 0.3 is 11.9 Å². The van der Waals surface area contributed by atoms with E-state index in [9.17, 15) is 19.7 Å². The summed E-state index contributed by atoms with van der Waals surface area (Å²) in [5, 5.41) is 13.8. The second-order valence-corrected chi connectivity index (χ2v) is 4.36. The zero-order chi connectivity index (χ0) is 16.0. The summed E-state index contributed by atoms with van der Waals surface area (Å²) in [5.41, 5.74) is -0.273. The molecule has 1 aromatic carbocycles. The van der Waals surface area contributed by atoms with Gasteiger partial charge in [-0.05, 0) is 12.1 Å². The highest BCUT2D eigenvalue weighted by Crippen LogP contribution is 2.28. The van der Waals surface area contributed by atoms with Crippen LogP contribution in [0.5, 0.6) is 0 Å². The predicted molar refractivity (Wildman–Crippen MR) is 74.2 cm³/mol. The molecule has 0 amide bonds. The van der Waals surface area contributed by atoms with Crippen LogP contribution in [0, 0.1) is 10.1 Å². The molecule has 0 saturated carbocycles. The maximum absolute atomic E-state index is 11.6. The van der Waals surface area contributed by atoms with Crippen LogP contribution in [0.3, 0.4) is 0 Å². The number of nitrogens with one attached hydrogen (secondary N) is 1. The van der Waals surface area contributed by atoms with Crippen molar-refractivity contribution in [2.45, 2.75) is 12.5 Å². The standard InChI is InChI=1S/C12H13ClN2O6/c1-20-11(16)6-9(12(17)21-2)14-8-5-7(13)3-4-10(8)15(18)19/h3-5,9,14H,6H2,1-2H3/t9-/m1/s1. The number of anilines is 1. The minimum atomic E-state index is -1.13. The number of esters is 2. The van der Waals surface area contributed by atoms with Gasteiger partial charge in [0.1, 0.15) is 11.7 Å².